The van der Waals surface area contributed by atoms with Gasteiger partial charge in [-0.1, -0.05) is 54.1 Å². The van der Waals surface area contributed by atoms with Crippen molar-refractivity contribution in [3.05, 3.63) is 70.7 Å². The standard InChI is InChI=1S/C20H23ClN2O2/c1-16(24)23(14-12-17-5-3-2-4-6-17)15-20(25)22-13-11-18-7-9-19(21)10-8-18/h2-10H,11-15H2,1H3,(H,22,25). The lowest BCUT2D eigenvalue weighted by atomic mass is 10.1. The van der Waals surface area contributed by atoms with Gasteiger partial charge in [-0.2, -0.15) is 0 Å². The summed E-state index contributed by atoms with van der Waals surface area (Å²) < 4.78 is 0. The summed E-state index contributed by atoms with van der Waals surface area (Å²) in [4.78, 5) is 25.4. The molecule has 0 saturated heterocycles. The van der Waals surface area contributed by atoms with E-state index in [9.17, 15) is 9.59 Å². The Labute approximate surface area is 153 Å². The molecule has 0 aliphatic carbocycles. The minimum Gasteiger partial charge on any atom is -0.354 e. The second kappa shape index (κ2) is 9.84. The van der Waals surface area contributed by atoms with E-state index in [2.05, 4.69) is 5.32 Å². The van der Waals surface area contributed by atoms with E-state index in [0.29, 0.717) is 18.1 Å². The van der Waals surface area contributed by atoms with Gasteiger partial charge in [0.2, 0.25) is 11.8 Å². The fraction of sp³-hybridized carbons (Fsp3) is 0.300. The van der Waals surface area contributed by atoms with Crippen LogP contribution in [0, 0.1) is 0 Å². The van der Waals surface area contributed by atoms with Crippen molar-refractivity contribution in [2.75, 3.05) is 19.6 Å². The highest BCUT2D eigenvalue weighted by Crippen LogP contribution is 2.09. The smallest absolute Gasteiger partial charge is 0.239 e. The van der Waals surface area contributed by atoms with Gasteiger partial charge < -0.3 is 10.2 Å². The summed E-state index contributed by atoms with van der Waals surface area (Å²) in [5.41, 5.74) is 2.26. The summed E-state index contributed by atoms with van der Waals surface area (Å²) in [6.07, 6.45) is 1.46. The molecule has 0 aliphatic rings. The highest BCUT2D eigenvalue weighted by atomic mass is 35.5. The SMILES string of the molecule is CC(=O)N(CCc1ccccc1)CC(=O)NCCc1ccc(Cl)cc1. The van der Waals surface area contributed by atoms with Gasteiger partial charge in [0.1, 0.15) is 0 Å². The quantitative estimate of drug-likeness (QED) is 0.788. The molecule has 5 heteroatoms. The van der Waals surface area contributed by atoms with E-state index in [1.807, 2.05) is 54.6 Å². The number of rotatable bonds is 8. The third-order valence-electron chi connectivity index (χ3n) is 3.94. The Morgan fingerprint density at radius 3 is 2.24 bits per heavy atom. The molecule has 0 saturated carbocycles. The van der Waals surface area contributed by atoms with Crippen LogP contribution in [-0.2, 0) is 22.4 Å². The number of carbonyl (C=O) groups is 2. The molecule has 0 aliphatic heterocycles. The molecule has 2 rings (SSSR count). The summed E-state index contributed by atoms with van der Waals surface area (Å²) >= 11 is 5.85. The topological polar surface area (TPSA) is 49.4 Å². The van der Waals surface area contributed by atoms with Crippen molar-refractivity contribution in [3.63, 3.8) is 0 Å². The van der Waals surface area contributed by atoms with Crippen LogP contribution in [0.4, 0.5) is 0 Å². The van der Waals surface area contributed by atoms with E-state index >= 15 is 0 Å². The van der Waals surface area contributed by atoms with Crippen LogP contribution in [0.5, 0.6) is 0 Å². The van der Waals surface area contributed by atoms with Crippen molar-refractivity contribution in [3.8, 4) is 0 Å². The minimum absolute atomic E-state index is 0.0861. The number of halogens is 1. The normalized spacial score (nSPS) is 10.3. The largest absolute Gasteiger partial charge is 0.354 e. The Morgan fingerprint density at radius 2 is 1.60 bits per heavy atom. The predicted octanol–water partition coefficient (Wildman–Crippen LogP) is 3.09. The van der Waals surface area contributed by atoms with Crippen LogP contribution >= 0.6 is 11.6 Å². The van der Waals surface area contributed by atoms with Crippen molar-refractivity contribution >= 4 is 23.4 Å². The number of benzene rings is 2. The maximum Gasteiger partial charge on any atom is 0.239 e. The molecule has 1 N–H and O–H groups in total. The Balaban J connectivity index is 1.75. The number of hydrogen-bond donors (Lipinski definition) is 1. The van der Waals surface area contributed by atoms with Crippen LogP contribution in [0.3, 0.4) is 0 Å². The first-order valence-corrected chi connectivity index (χ1v) is 8.73. The molecular formula is C20H23ClN2O2. The van der Waals surface area contributed by atoms with Gasteiger partial charge >= 0.3 is 0 Å². The maximum atomic E-state index is 12.1. The van der Waals surface area contributed by atoms with E-state index in [0.717, 1.165) is 24.0 Å². The van der Waals surface area contributed by atoms with Gasteiger partial charge in [-0.15, -0.1) is 0 Å². The van der Waals surface area contributed by atoms with Crippen LogP contribution in [0.25, 0.3) is 0 Å². The number of amides is 2. The van der Waals surface area contributed by atoms with E-state index in [1.165, 1.54) is 6.92 Å². The molecule has 0 radical (unpaired) electrons. The summed E-state index contributed by atoms with van der Waals surface area (Å²) in [5, 5.41) is 3.56. The van der Waals surface area contributed by atoms with Gasteiger partial charge in [0.15, 0.2) is 0 Å². The van der Waals surface area contributed by atoms with Crippen LogP contribution in [0.2, 0.25) is 5.02 Å². The van der Waals surface area contributed by atoms with Gasteiger partial charge in [0.05, 0.1) is 6.54 Å². The van der Waals surface area contributed by atoms with Crippen molar-refractivity contribution in [2.45, 2.75) is 19.8 Å². The predicted molar refractivity (Wildman–Crippen MR) is 101 cm³/mol. The molecule has 0 spiro atoms. The van der Waals surface area contributed by atoms with Gasteiger partial charge in [0.25, 0.3) is 0 Å². The maximum absolute atomic E-state index is 12.1. The Bertz CT molecular complexity index is 687. The summed E-state index contributed by atoms with van der Waals surface area (Å²) in [6.45, 7) is 2.64. The number of nitrogens with one attached hydrogen (secondary N) is 1. The highest BCUT2D eigenvalue weighted by Gasteiger charge is 2.13. The first-order valence-electron chi connectivity index (χ1n) is 8.35. The zero-order chi connectivity index (χ0) is 18.1. The summed E-state index contributed by atoms with van der Waals surface area (Å²) in [7, 11) is 0. The first kappa shape index (κ1) is 19.0. The molecule has 132 valence electrons. The van der Waals surface area contributed by atoms with Crippen molar-refractivity contribution in [2.24, 2.45) is 0 Å². The average molecular weight is 359 g/mol. The molecule has 0 atom stereocenters. The molecule has 2 aromatic carbocycles. The third kappa shape index (κ3) is 6.98. The lowest BCUT2D eigenvalue weighted by molar-refractivity contribution is -0.134. The molecule has 25 heavy (non-hydrogen) atoms. The van der Waals surface area contributed by atoms with Crippen molar-refractivity contribution < 1.29 is 9.59 Å². The van der Waals surface area contributed by atoms with Crippen LogP contribution in [0.15, 0.2) is 54.6 Å². The fourth-order valence-electron chi connectivity index (χ4n) is 2.48. The molecule has 4 nitrogen and oxygen atoms in total. The van der Waals surface area contributed by atoms with Crippen molar-refractivity contribution in [1.29, 1.82) is 0 Å². The lowest BCUT2D eigenvalue weighted by Crippen LogP contribution is -2.41. The summed E-state index contributed by atoms with van der Waals surface area (Å²) in [5.74, 6) is -0.235. The molecule has 0 unspecified atom stereocenters. The number of nitrogens with zero attached hydrogens (tertiary/aromatic N) is 1. The molecular weight excluding hydrogens is 336 g/mol. The van der Waals surface area contributed by atoms with Crippen LogP contribution in [-0.4, -0.2) is 36.3 Å². The van der Waals surface area contributed by atoms with Crippen molar-refractivity contribution in [1.82, 2.24) is 10.2 Å². The monoisotopic (exact) mass is 358 g/mol. The van der Waals surface area contributed by atoms with Gasteiger partial charge in [-0.05, 0) is 36.1 Å². The van der Waals surface area contributed by atoms with E-state index in [-0.39, 0.29) is 18.4 Å². The Hall–Kier alpha value is -2.33. The molecule has 2 amide bonds. The first-order chi connectivity index (χ1) is 12.0. The zero-order valence-electron chi connectivity index (χ0n) is 14.4. The second-order valence-corrected chi connectivity index (χ2v) is 6.34. The Kier molecular flexibility index (Phi) is 7.48. The van der Waals surface area contributed by atoms with Gasteiger partial charge in [0, 0.05) is 25.0 Å². The average Bonchev–Trinajstić information content (AvgIpc) is 2.61. The number of hydrogen-bond acceptors (Lipinski definition) is 2. The van der Waals surface area contributed by atoms with Gasteiger partial charge in [-0.3, -0.25) is 9.59 Å². The van der Waals surface area contributed by atoms with Crippen LogP contribution < -0.4 is 5.32 Å². The minimum atomic E-state index is -0.141. The lowest BCUT2D eigenvalue weighted by Gasteiger charge is -2.20. The van der Waals surface area contributed by atoms with E-state index < -0.39 is 0 Å². The highest BCUT2D eigenvalue weighted by molar-refractivity contribution is 6.30. The molecule has 0 fully saturated rings. The zero-order valence-corrected chi connectivity index (χ0v) is 15.1. The van der Waals surface area contributed by atoms with Gasteiger partial charge in [-0.25, -0.2) is 0 Å². The Morgan fingerprint density at radius 1 is 0.960 bits per heavy atom. The van der Waals surface area contributed by atoms with E-state index in [1.54, 1.807) is 4.90 Å². The fourth-order valence-corrected chi connectivity index (χ4v) is 2.61. The molecule has 0 heterocycles. The second-order valence-electron chi connectivity index (χ2n) is 5.90. The summed E-state index contributed by atoms with van der Waals surface area (Å²) in [6, 6.07) is 17.5. The molecule has 2 aromatic rings. The molecule has 0 bridgehead atoms. The molecule has 0 aromatic heterocycles. The van der Waals surface area contributed by atoms with Crippen LogP contribution in [0.1, 0.15) is 18.1 Å². The van der Waals surface area contributed by atoms with E-state index in [4.69, 9.17) is 11.6 Å². The number of carbonyl (C=O) groups excluding carboxylic acids is 2. The third-order valence-corrected chi connectivity index (χ3v) is 4.19.